The molecule has 8 nitrogen and oxygen atoms in total. The van der Waals surface area contributed by atoms with E-state index in [1.54, 1.807) is 23.5 Å². The van der Waals surface area contributed by atoms with Crippen molar-refractivity contribution >= 4 is 29.0 Å². The fourth-order valence-corrected chi connectivity index (χ4v) is 3.37. The molecule has 0 aliphatic heterocycles. The number of nitro groups is 1. The minimum atomic E-state index is -0.483. The van der Waals surface area contributed by atoms with Crippen LogP contribution in [0.25, 0.3) is 5.78 Å². The van der Waals surface area contributed by atoms with Crippen molar-refractivity contribution in [3.8, 4) is 0 Å². The molecular formula is C16H15N5O3S. The van der Waals surface area contributed by atoms with Gasteiger partial charge >= 0.3 is 0 Å². The number of carbonyl (C=O) groups is 1. The molecule has 3 rings (SSSR count). The van der Waals surface area contributed by atoms with E-state index >= 15 is 0 Å². The monoisotopic (exact) mass is 357 g/mol. The molecule has 0 atom stereocenters. The van der Waals surface area contributed by atoms with E-state index in [0.717, 1.165) is 11.4 Å². The second-order valence-corrected chi connectivity index (χ2v) is 6.57. The largest absolute Gasteiger partial charge is 0.293 e. The molecule has 0 bridgehead atoms. The normalized spacial score (nSPS) is 11.0. The molecular weight excluding hydrogens is 342 g/mol. The predicted molar refractivity (Wildman–Crippen MR) is 93.1 cm³/mol. The second-order valence-electron chi connectivity index (χ2n) is 5.63. The molecule has 9 heteroatoms. The van der Waals surface area contributed by atoms with Crippen LogP contribution in [0.4, 0.5) is 5.69 Å². The summed E-state index contributed by atoms with van der Waals surface area (Å²) in [5, 5.41) is 19.7. The molecule has 0 aliphatic rings. The number of Topliss-reactive ketones (excluding diaryl/α,β-unsaturated/α-hetero) is 1. The van der Waals surface area contributed by atoms with Crippen molar-refractivity contribution in [3.05, 3.63) is 56.9 Å². The van der Waals surface area contributed by atoms with Gasteiger partial charge in [0, 0.05) is 28.6 Å². The third-order valence-electron chi connectivity index (χ3n) is 3.72. The Morgan fingerprint density at radius 2 is 2.00 bits per heavy atom. The van der Waals surface area contributed by atoms with E-state index in [9.17, 15) is 14.9 Å². The zero-order valence-electron chi connectivity index (χ0n) is 13.9. The number of carbonyl (C=O) groups excluding carboxylic acids is 1. The van der Waals surface area contributed by atoms with Crippen molar-refractivity contribution in [1.29, 1.82) is 0 Å². The van der Waals surface area contributed by atoms with Crippen LogP contribution in [0.3, 0.4) is 0 Å². The van der Waals surface area contributed by atoms with Crippen molar-refractivity contribution in [2.45, 2.75) is 25.9 Å². The van der Waals surface area contributed by atoms with Crippen molar-refractivity contribution in [3.63, 3.8) is 0 Å². The summed E-state index contributed by atoms with van der Waals surface area (Å²) in [6.07, 6.45) is 0. The lowest BCUT2D eigenvalue weighted by Crippen LogP contribution is -2.05. The molecule has 3 aromatic rings. The minimum Gasteiger partial charge on any atom is -0.293 e. The topological polar surface area (TPSA) is 103 Å². The molecule has 0 amide bonds. The van der Waals surface area contributed by atoms with E-state index in [1.165, 1.54) is 17.8 Å². The van der Waals surface area contributed by atoms with Crippen LogP contribution in [0.15, 0.2) is 29.4 Å². The molecule has 0 fully saturated rings. The first-order valence-electron chi connectivity index (χ1n) is 7.47. The van der Waals surface area contributed by atoms with Crippen molar-refractivity contribution in [2.24, 2.45) is 0 Å². The van der Waals surface area contributed by atoms with Crippen LogP contribution in [-0.4, -0.2) is 36.0 Å². The Bertz CT molecular complexity index is 999. The summed E-state index contributed by atoms with van der Waals surface area (Å²) in [7, 11) is 0. The Morgan fingerprint density at radius 3 is 2.72 bits per heavy atom. The van der Waals surface area contributed by atoms with Gasteiger partial charge < -0.3 is 0 Å². The second kappa shape index (κ2) is 6.60. The Labute approximate surface area is 147 Å². The van der Waals surface area contributed by atoms with Crippen LogP contribution >= 0.6 is 11.8 Å². The predicted octanol–water partition coefficient (Wildman–Crippen LogP) is 2.93. The molecule has 0 aliphatic carbocycles. The summed E-state index contributed by atoms with van der Waals surface area (Å²) in [4.78, 5) is 27.2. The zero-order chi connectivity index (χ0) is 18.1. The average Bonchev–Trinajstić information content (AvgIpc) is 2.95. The van der Waals surface area contributed by atoms with E-state index in [-0.39, 0.29) is 17.2 Å². The van der Waals surface area contributed by atoms with Gasteiger partial charge in [-0.2, -0.15) is 0 Å². The summed E-state index contributed by atoms with van der Waals surface area (Å²) in [6.45, 7) is 5.43. The lowest BCUT2D eigenvalue weighted by atomic mass is 10.1. The zero-order valence-corrected chi connectivity index (χ0v) is 14.7. The van der Waals surface area contributed by atoms with Gasteiger partial charge in [0.15, 0.2) is 10.9 Å². The van der Waals surface area contributed by atoms with Crippen LogP contribution in [0, 0.1) is 30.9 Å². The molecule has 2 aromatic heterocycles. The molecule has 0 saturated heterocycles. The SMILES string of the molecule is Cc1cc(C)n2c(SCC(=O)c3ccc(C)c([N+](=O)[O-])c3)nnc2n1. The fraction of sp³-hybridized carbons (Fsp3) is 0.250. The third kappa shape index (κ3) is 3.36. The highest BCUT2D eigenvalue weighted by atomic mass is 32.2. The molecule has 0 radical (unpaired) electrons. The molecule has 0 saturated carbocycles. The number of nitro benzene ring substituents is 1. The highest BCUT2D eigenvalue weighted by Crippen LogP contribution is 2.23. The molecule has 0 N–H and O–H groups in total. The molecule has 0 unspecified atom stereocenters. The smallest absolute Gasteiger partial charge is 0.273 e. The van der Waals surface area contributed by atoms with E-state index in [2.05, 4.69) is 15.2 Å². The number of rotatable bonds is 5. The van der Waals surface area contributed by atoms with Crippen molar-refractivity contribution in [2.75, 3.05) is 5.75 Å². The maximum Gasteiger partial charge on any atom is 0.273 e. The van der Waals surface area contributed by atoms with E-state index in [1.807, 2.05) is 19.9 Å². The number of aryl methyl sites for hydroxylation is 3. The standard InChI is InChI=1S/C16H15N5O3S/c1-9-4-5-12(7-13(9)21(23)24)14(22)8-25-16-19-18-15-17-10(2)6-11(3)20(15)16/h4-7H,8H2,1-3H3. The number of hydrogen-bond acceptors (Lipinski definition) is 7. The van der Waals surface area contributed by atoms with Crippen LogP contribution in [-0.2, 0) is 0 Å². The highest BCUT2D eigenvalue weighted by molar-refractivity contribution is 7.99. The number of benzene rings is 1. The summed E-state index contributed by atoms with van der Waals surface area (Å²) in [5.74, 6) is 0.384. The molecule has 25 heavy (non-hydrogen) atoms. The summed E-state index contributed by atoms with van der Waals surface area (Å²) < 4.78 is 1.78. The quantitative estimate of drug-likeness (QED) is 0.299. The summed E-state index contributed by atoms with van der Waals surface area (Å²) in [5.41, 5.74) is 2.55. The minimum absolute atomic E-state index is 0.0562. The Kier molecular flexibility index (Phi) is 4.49. The first kappa shape index (κ1) is 17.0. The lowest BCUT2D eigenvalue weighted by Gasteiger charge is -2.04. The molecule has 128 valence electrons. The van der Waals surface area contributed by atoms with Gasteiger partial charge in [0.05, 0.1) is 10.7 Å². The van der Waals surface area contributed by atoms with E-state index in [4.69, 9.17) is 0 Å². The van der Waals surface area contributed by atoms with Gasteiger partial charge in [-0.05, 0) is 26.8 Å². The fourth-order valence-electron chi connectivity index (χ4n) is 2.49. The maximum atomic E-state index is 12.4. The first-order valence-corrected chi connectivity index (χ1v) is 8.46. The highest BCUT2D eigenvalue weighted by Gasteiger charge is 2.17. The van der Waals surface area contributed by atoms with Crippen LogP contribution in [0.1, 0.15) is 27.3 Å². The Morgan fingerprint density at radius 1 is 1.24 bits per heavy atom. The number of ketones is 1. The molecule has 0 spiro atoms. The number of nitrogens with zero attached hydrogens (tertiary/aromatic N) is 5. The van der Waals surface area contributed by atoms with Crippen molar-refractivity contribution in [1.82, 2.24) is 19.6 Å². The average molecular weight is 357 g/mol. The Balaban J connectivity index is 1.81. The number of thioether (sulfide) groups is 1. The number of hydrogen-bond donors (Lipinski definition) is 0. The van der Waals surface area contributed by atoms with Gasteiger partial charge in [0.1, 0.15) is 0 Å². The third-order valence-corrected chi connectivity index (χ3v) is 4.65. The summed E-state index contributed by atoms with van der Waals surface area (Å²) >= 11 is 1.23. The maximum absolute atomic E-state index is 12.4. The van der Waals surface area contributed by atoms with Crippen LogP contribution in [0.5, 0.6) is 0 Å². The van der Waals surface area contributed by atoms with Gasteiger partial charge in [0.25, 0.3) is 11.5 Å². The lowest BCUT2D eigenvalue weighted by molar-refractivity contribution is -0.385. The summed E-state index contributed by atoms with van der Waals surface area (Å²) in [6, 6.07) is 6.41. The van der Waals surface area contributed by atoms with Crippen LogP contribution < -0.4 is 0 Å². The van der Waals surface area contributed by atoms with Crippen molar-refractivity contribution < 1.29 is 9.72 Å². The van der Waals surface area contributed by atoms with Gasteiger partial charge in [-0.3, -0.25) is 19.3 Å². The van der Waals surface area contributed by atoms with Gasteiger partial charge in [-0.1, -0.05) is 23.9 Å². The van der Waals surface area contributed by atoms with Gasteiger partial charge in [-0.25, -0.2) is 4.98 Å². The first-order chi connectivity index (χ1) is 11.9. The Hall–Kier alpha value is -2.81. The van der Waals surface area contributed by atoms with Gasteiger partial charge in [-0.15, -0.1) is 10.2 Å². The molecule has 2 heterocycles. The van der Waals surface area contributed by atoms with Gasteiger partial charge in [0.2, 0.25) is 0 Å². The number of aromatic nitrogens is 4. The van der Waals surface area contributed by atoms with Crippen LogP contribution in [0.2, 0.25) is 0 Å². The number of fused-ring (bicyclic) bond motifs is 1. The van der Waals surface area contributed by atoms with E-state index < -0.39 is 4.92 Å². The molecule has 1 aromatic carbocycles. The van der Waals surface area contributed by atoms with E-state index in [0.29, 0.717) is 22.1 Å².